The van der Waals surface area contributed by atoms with Crippen LogP contribution < -0.4 is 15.1 Å². The maximum absolute atomic E-state index is 12.3. The number of nitro groups is 1. The molecule has 5 rings (SSSR count). The highest BCUT2D eigenvalue weighted by atomic mass is 35.5. The van der Waals surface area contributed by atoms with Gasteiger partial charge in [0, 0.05) is 47.6 Å². The van der Waals surface area contributed by atoms with Crippen molar-refractivity contribution in [1.82, 2.24) is 9.97 Å². The lowest BCUT2D eigenvalue weighted by Crippen LogP contribution is -2.47. The minimum absolute atomic E-state index is 0.0726. The van der Waals surface area contributed by atoms with Crippen LogP contribution in [0.5, 0.6) is 0 Å². The minimum Gasteiger partial charge on any atom is -0.368 e. The second-order valence-electron chi connectivity index (χ2n) is 10.3. The highest BCUT2D eigenvalue weighted by Crippen LogP contribution is 2.38. The van der Waals surface area contributed by atoms with Crippen LogP contribution in [0.25, 0.3) is 0 Å². The van der Waals surface area contributed by atoms with Gasteiger partial charge in [-0.05, 0) is 72.9 Å². The third-order valence-electron chi connectivity index (χ3n) is 7.72. The molecule has 0 spiro atoms. The SMILES string of the molecule is Cc1cc(C(C#N)c2ccc(Cl)cc2)c(Cl)cc1Nc1ncnc(N2CCN(c3cccc(C)c3C)CC2)c1[N+](=O)[O-]. The number of nitriles is 1. The maximum atomic E-state index is 12.3. The van der Waals surface area contributed by atoms with Gasteiger partial charge in [-0.1, -0.05) is 53.5 Å². The molecule has 9 nitrogen and oxygen atoms in total. The number of rotatable bonds is 7. The molecule has 11 heteroatoms. The van der Waals surface area contributed by atoms with Crippen LogP contribution in [0.15, 0.2) is 60.9 Å². The molecule has 1 atom stereocenters. The van der Waals surface area contributed by atoms with Crippen molar-refractivity contribution in [3.05, 3.63) is 109 Å². The first-order valence-corrected chi connectivity index (χ1v) is 14.2. The number of anilines is 4. The van der Waals surface area contributed by atoms with Gasteiger partial charge in [0.2, 0.25) is 11.6 Å². The van der Waals surface area contributed by atoms with Gasteiger partial charge < -0.3 is 15.1 Å². The zero-order valence-electron chi connectivity index (χ0n) is 23.4. The lowest BCUT2D eigenvalue weighted by atomic mass is 9.91. The molecule has 1 N–H and O–H groups in total. The Bertz CT molecular complexity index is 1680. The third kappa shape index (κ3) is 5.82. The van der Waals surface area contributed by atoms with Crippen LogP contribution >= 0.6 is 23.2 Å². The summed E-state index contributed by atoms with van der Waals surface area (Å²) in [6, 6.07) is 19.1. The van der Waals surface area contributed by atoms with E-state index in [0.717, 1.165) is 11.1 Å². The van der Waals surface area contributed by atoms with Gasteiger partial charge in [0.1, 0.15) is 6.33 Å². The molecular formula is C31H29Cl2N7O2. The van der Waals surface area contributed by atoms with Gasteiger partial charge in [-0.2, -0.15) is 5.26 Å². The van der Waals surface area contributed by atoms with Crippen LogP contribution in [0.4, 0.5) is 28.7 Å². The second-order valence-corrected chi connectivity index (χ2v) is 11.1. The first kappa shape index (κ1) is 29.1. The molecule has 0 aliphatic carbocycles. The Labute approximate surface area is 254 Å². The number of piperazine rings is 1. The summed E-state index contributed by atoms with van der Waals surface area (Å²) in [7, 11) is 0. The lowest BCUT2D eigenvalue weighted by Gasteiger charge is -2.37. The smallest absolute Gasteiger partial charge is 0.353 e. The number of hydrogen-bond acceptors (Lipinski definition) is 8. The van der Waals surface area contributed by atoms with Gasteiger partial charge >= 0.3 is 5.69 Å². The van der Waals surface area contributed by atoms with Crippen LogP contribution in [-0.2, 0) is 0 Å². The normalized spacial score (nSPS) is 13.9. The highest BCUT2D eigenvalue weighted by Gasteiger charge is 2.30. The zero-order valence-corrected chi connectivity index (χ0v) is 24.9. The van der Waals surface area contributed by atoms with Gasteiger partial charge in [-0.15, -0.1) is 0 Å². The van der Waals surface area contributed by atoms with Crippen LogP contribution in [0.3, 0.4) is 0 Å². The first-order chi connectivity index (χ1) is 20.2. The molecule has 1 aromatic heterocycles. The summed E-state index contributed by atoms with van der Waals surface area (Å²) < 4.78 is 0. The van der Waals surface area contributed by atoms with E-state index < -0.39 is 10.8 Å². The zero-order chi connectivity index (χ0) is 30.0. The number of benzene rings is 3. The number of halogens is 2. The number of aryl methyl sites for hydroxylation is 2. The fraction of sp³-hybridized carbons (Fsp3) is 0.258. The summed E-state index contributed by atoms with van der Waals surface area (Å²) in [6.45, 7) is 8.62. The van der Waals surface area contributed by atoms with E-state index in [4.69, 9.17) is 23.2 Å². The van der Waals surface area contributed by atoms with Crippen molar-refractivity contribution in [3.63, 3.8) is 0 Å². The molecule has 1 aliphatic heterocycles. The van der Waals surface area contributed by atoms with E-state index in [1.54, 1.807) is 30.3 Å². The standard InChI is InChI=1S/C31H29Cl2N7O2/c1-19-5-4-6-28(21(19)3)38-11-13-39(14-12-38)31-29(40(41)42)30(35-18-36-31)37-27-16-26(33)24(15-20(27)2)25(17-34)22-7-9-23(32)10-8-22/h4-10,15-16,18,25H,11-14H2,1-3H3,(H,35,36,37). The number of nitrogens with zero attached hydrogens (tertiary/aromatic N) is 6. The van der Waals surface area contributed by atoms with Crippen molar-refractivity contribution in [2.75, 3.05) is 41.3 Å². The molecule has 1 aliphatic rings. The summed E-state index contributed by atoms with van der Waals surface area (Å²) in [4.78, 5) is 24.7. The molecular weight excluding hydrogens is 573 g/mol. The topological polar surface area (TPSA) is 111 Å². The Morgan fingerprint density at radius 3 is 2.33 bits per heavy atom. The number of aromatic nitrogens is 2. The van der Waals surface area contributed by atoms with Crippen molar-refractivity contribution in [3.8, 4) is 6.07 Å². The molecule has 0 bridgehead atoms. The van der Waals surface area contributed by atoms with Gasteiger partial charge in [0.05, 0.1) is 16.9 Å². The Morgan fingerprint density at radius 1 is 0.976 bits per heavy atom. The van der Waals surface area contributed by atoms with Gasteiger partial charge in [-0.25, -0.2) is 9.97 Å². The summed E-state index contributed by atoms with van der Waals surface area (Å²) in [5.41, 5.74) is 6.13. The quantitative estimate of drug-likeness (QED) is 0.173. The number of hydrogen-bond donors (Lipinski definition) is 1. The number of nitrogens with one attached hydrogen (secondary N) is 1. The summed E-state index contributed by atoms with van der Waals surface area (Å²) >= 11 is 12.7. The van der Waals surface area contributed by atoms with Crippen LogP contribution in [0, 0.1) is 42.2 Å². The average Bonchev–Trinajstić information content (AvgIpc) is 2.98. The lowest BCUT2D eigenvalue weighted by molar-refractivity contribution is -0.383. The Hall–Kier alpha value is -4.39. The van der Waals surface area contributed by atoms with Gasteiger partial charge in [-0.3, -0.25) is 10.1 Å². The second kappa shape index (κ2) is 12.2. The maximum Gasteiger partial charge on any atom is 0.353 e. The van der Waals surface area contributed by atoms with Crippen LogP contribution in [0.2, 0.25) is 10.0 Å². The molecule has 0 amide bonds. The molecule has 2 heterocycles. The van der Waals surface area contributed by atoms with Crippen molar-refractivity contribution in [2.45, 2.75) is 26.7 Å². The first-order valence-electron chi connectivity index (χ1n) is 13.5. The molecule has 1 unspecified atom stereocenters. The summed E-state index contributed by atoms with van der Waals surface area (Å²) in [5.74, 6) is -0.265. The van der Waals surface area contributed by atoms with E-state index in [-0.39, 0.29) is 17.3 Å². The summed E-state index contributed by atoms with van der Waals surface area (Å²) in [5, 5.41) is 26.3. The Morgan fingerprint density at radius 2 is 1.67 bits per heavy atom. The van der Waals surface area contributed by atoms with Crippen molar-refractivity contribution in [1.29, 1.82) is 5.26 Å². The molecule has 0 radical (unpaired) electrons. The highest BCUT2D eigenvalue weighted by molar-refractivity contribution is 6.32. The molecule has 4 aromatic rings. The largest absolute Gasteiger partial charge is 0.368 e. The molecule has 3 aromatic carbocycles. The molecule has 0 saturated carbocycles. The molecule has 42 heavy (non-hydrogen) atoms. The van der Waals surface area contributed by atoms with Crippen LogP contribution in [-0.4, -0.2) is 41.1 Å². The third-order valence-corrected chi connectivity index (χ3v) is 8.30. The predicted molar refractivity (Wildman–Crippen MR) is 167 cm³/mol. The average molecular weight is 603 g/mol. The fourth-order valence-electron chi connectivity index (χ4n) is 5.26. The Kier molecular flexibility index (Phi) is 8.48. The van der Waals surface area contributed by atoms with Crippen LogP contribution in [0.1, 0.15) is 33.7 Å². The molecule has 1 fully saturated rings. The van der Waals surface area contributed by atoms with E-state index in [2.05, 4.69) is 58.3 Å². The summed E-state index contributed by atoms with van der Waals surface area (Å²) in [6.07, 6.45) is 1.33. The van der Waals surface area contributed by atoms with E-state index in [1.165, 1.54) is 23.1 Å². The Balaban J connectivity index is 1.40. The monoisotopic (exact) mass is 601 g/mol. The van der Waals surface area contributed by atoms with E-state index in [9.17, 15) is 15.4 Å². The molecule has 1 saturated heterocycles. The van der Waals surface area contributed by atoms with Gasteiger partial charge in [0.25, 0.3) is 0 Å². The van der Waals surface area contributed by atoms with E-state index in [0.29, 0.717) is 47.5 Å². The molecule has 214 valence electrons. The van der Waals surface area contributed by atoms with E-state index >= 15 is 0 Å². The predicted octanol–water partition coefficient (Wildman–Crippen LogP) is 7.34. The van der Waals surface area contributed by atoms with Crippen molar-refractivity contribution in [2.24, 2.45) is 0 Å². The van der Waals surface area contributed by atoms with Crippen molar-refractivity contribution >= 4 is 51.9 Å². The van der Waals surface area contributed by atoms with Gasteiger partial charge in [0.15, 0.2) is 0 Å². The minimum atomic E-state index is -0.607. The van der Waals surface area contributed by atoms with E-state index in [1.807, 2.05) is 17.9 Å². The fourth-order valence-corrected chi connectivity index (χ4v) is 5.66. The van der Waals surface area contributed by atoms with Crippen molar-refractivity contribution < 1.29 is 4.92 Å².